The number of ether oxygens (including phenoxy) is 2. The quantitative estimate of drug-likeness (QED) is 0.326. The van der Waals surface area contributed by atoms with E-state index in [9.17, 15) is 0 Å². The highest BCUT2D eigenvalue weighted by Gasteiger charge is 1.98. The summed E-state index contributed by atoms with van der Waals surface area (Å²) in [5.41, 5.74) is 0. The molecular weight excluding hydrogens is 336 g/mol. The van der Waals surface area contributed by atoms with Gasteiger partial charge >= 0.3 is 0 Å². The molecule has 0 amide bonds. The minimum absolute atomic E-state index is 0.766. The third-order valence-corrected chi connectivity index (χ3v) is 4.73. The van der Waals surface area contributed by atoms with E-state index in [1.807, 2.05) is 43.0 Å². The molecule has 0 radical (unpaired) electrons. The highest BCUT2D eigenvalue weighted by molar-refractivity contribution is 5.31. The van der Waals surface area contributed by atoms with Crippen molar-refractivity contribution in [3.63, 3.8) is 0 Å². The summed E-state index contributed by atoms with van der Waals surface area (Å²) in [6, 6.07) is 8.03. The molecule has 0 saturated heterocycles. The van der Waals surface area contributed by atoms with Gasteiger partial charge in [0.25, 0.3) is 0 Å². The lowest BCUT2D eigenvalue weighted by Gasteiger charge is -2.09. The highest BCUT2D eigenvalue weighted by Crippen LogP contribution is 2.18. The SMILES string of the molecule is CCCCCCCCCOc1ccc(OCCCCCn2ccnc2)cc1. The van der Waals surface area contributed by atoms with Gasteiger partial charge in [-0.05, 0) is 49.9 Å². The Balaban J connectivity index is 1.46. The Bertz CT molecular complexity index is 567. The van der Waals surface area contributed by atoms with Gasteiger partial charge in [-0.25, -0.2) is 4.98 Å². The van der Waals surface area contributed by atoms with Crippen molar-refractivity contribution in [2.45, 2.75) is 77.7 Å². The van der Waals surface area contributed by atoms with Gasteiger partial charge < -0.3 is 14.0 Å². The van der Waals surface area contributed by atoms with E-state index in [0.717, 1.165) is 56.9 Å². The minimum Gasteiger partial charge on any atom is -0.494 e. The zero-order chi connectivity index (χ0) is 19.0. The maximum absolute atomic E-state index is 5.82. The first kappa shape index (κ1) is 21.3. The summed E-state index contributed by atoms with van der Waals surface area (Å²) in [4.78, 5) is 4.05. The Morgan fingerprint density at radius 3 is 1.85 bits per heavy atom. The maximum Gasteiger partial charge on any atom is 0.119 e. The molecule has 0 aliphatic rings. The summed E-state index contributed by atoms with van der Waals surface area (Å²) < 4.78 is 13.7. The van der Waals surface area contributed by atoms with E-state index in [0.29, 0.717) is 0 Å². The van der Waals surface area contributed by atoms with Crippen molar-refractivity contribution >= 4 is 0 Å². The Kier molecular flexibility index (Phi) is 11.2. The van der Waals surface area contributed by atoms with E-state index in [4.69, 9.17) is 9.47 Å². The zero-order valence-electron chi connectivity index (χ0n) is 16.9. The molecule has 0 saturated carbocycles. The summed E-state index contributed by atoms with van der Waals surface area (Å²) in [5, 5.41) is 0. The highest BCUT2D eigenvalue weighted by atomic mass is 16.5. The van der Waals surface area contributed by atoms with Crippen LogP contribution in [0.1, 0.15) is 71.1 Å². The molecule has 4 nitrogen and oxygen atoms in total. The molecule has 150 valence electrons. The summed E-state index contributed by atoms with van der Waals surface area (Å²) in [6.07, 6.45) is 18.3. The largest absolute Gasteiger partial charge is 0.494 e. The van der Waals surface area contributed by atoms with Gasteiger partial charge in [-0.15, -0.1) is 0 Å². The van der Waals surface area contributed by atoms with Crippen molar-refractivity contribution in [2.75, 3.05) is 13.2 Å². The second kappa shape index (κ2) is 14.1. The van der Waals surface area contributed by atoms with Gasteiger partial charge in [0.2, 0.25) is 0 Å². The topological polar surface area (TPSA) is 36.3 Å². The monoisotopic (exact) mass is 372 g/mol. The second-order valence-electron chi connectivity index (χ2n) is 7.15. The fourth-order valence-corrected chi connectivity index (χ4v) is 3.06. The van der Waals surface area contributed by atoms with Gasteiger partial charge in [-0.3, -0.25) is 0 Å². The minimum atomic E-state index is 0.766. The lowest BCUT2D eigenvalue weighted by molar-refractivity contribution is 0.296. The predicted octanol–water partition coefficient (Wildman–Crippen LogP) is 6.26. The summed E-state index contributed by atoms with van der Waals surface area (Å²) >= 11 is 0. The molecule has 0 aliphatic carbocycles. The zero-order valence-corrected chi connectivity index (χ0v) is 16.9. The van der Waals surface area contributed by atoms with E-state index in [-0.39, 0.29) is 0 Å². The Labute approximate surface area is 164 Å². The average Bonchev–Trinajstić information content (AvgIpc) is 3.21. The molecule has 0 spiro atoms. The molecule has 1 aromatic carbocycles. The lowest BCUT2D eigenvalue weighted by Crippen LogP contribution is -2.00. The standard InChI is InChI=1S/C23H36N2O2/c1-2-3-4-5-6-7-10-19-26-22-12-14-23(15-13-22)27-20-11-8-9-17-25-18-16-24-21-25/h12-16,18,21H,2-11,17,19-20H2,1H3. The number of unbranched alkanes of at least 4 members (excludes halogenated alkanes) is 8. The van der Waals surface area contributed by atoms with Crippen LogP contribution in [-0.2, 0) is 6.54 Å². The first-order valence-electron chi connectivity index (χ1n) is 10.7. The Morgan fingerprint density at radius 2 is 1.30 bits per heavy atom. The fourth-order valence-electron chi connectivity index (χ4n) is 3.06. The third kappa shape index (κ3) is 10.1. The third-order valence-electron chi connectivity index (χ3n) is 4.73. The normalized spacial score (nSPS) is 10.9. The van der Waals surface area contributed by atoms with Gasteiger partial charge in [-0.2, -0.15) is 0 Å². The molecule has 0 fully saturated rings. The first-order valence-corrected chi connectivity index (χ1v) is 10.7. The first-order chi connectivity index (χ1) is 13.4. The summed E-state index contributed by atoms with van der Waals surface area (Å²) in [7, 11) is 0. The smallest absolute Gasteiger partial charge is 0.119 e. The number of aromatic nitrogens is 2. The number of hydrogen-bond acceptors (Lipinski definition) is 3. The molecule has 2 aromatic rings. The van der Waals surface area contributed by atoms with E-state index >= 15 is 0 Å². The fraction of sp³-hybridized carbons (Fsp3) is 0.609. The van der Waals surface area contributed by atoms with Crippen LogP contribution in [0.4, 0.5) is 0 Å². The predicted molar refractivity (Wildman–Crippen MR) is 112 cm³/mol. The van der Waals surface area contributed by atoms with Crippen LogP contribution in [0.5, 0.6) is 11.5 Å². The van der Waals surface area contributed by atoms with Gasteiger partial charge in [0, 0.05) is 18.9 Å². The molecule has 1 aromatic heterocycles. The number of benzene rings is 1. The second-order valence-corrected chi connectivity index (χ2v) is 7.15. The molecule has 0 bridgehead atoms. The van der Waals surface area contributed by atoms with Crippen molar-refractivity contribution < 1.29 is 9.47 Å². The number of hydrogen-bond donors (Lipinski definition) is 0. The summed E-state index contributed by atoms with van der Waals surface area (Å²) in [5.74, 6) is 1.86. The molecule has 0 N–H and O–H groups in total. The van der Waals surface area contributed by atoms with Crippen LogP contribution in [-0.4, -0.2) is 22.8 Å². The molecule has 1 heterocycles. The summed E-state index contributed by atoms with van der Waals surface area (Å²) in [6.45, 7) is 4.87. The van der Waals surface area contributed by atoms with Gasteiger partial charge in [-0.1, -0.05) is 45.4 Å². The van der Waals surface area contributed by atoms with Crippen molar-refractivity contribution in [1.82, 2.24) is 9.55 Å². The molecule has 2 rings (SSSR count). The van der Waals surface area contributed by atoms with E-state index < -0.39 is 0 Å². The van der Waals surface area contributed by atoms with E-state index in [2.05, 4.69) is 16.5 Å². The maximum atomic E-state index is 5.82. The molecule has 0 aliphatic heterocycles. The van der Waals surface area contributed by atoms with Crippen LogP contribution in [0.25, 0.3) is 0 Å². The molecule has 0 unspecified atom stereocenters. The molecule has 4 heteroatoms. The number of imidazole rings is 1. The van der Waals surface area contributed by atoms with Crippen LogP contribution < -0.4 is 9.47 Å². The number of nitrogens with zero attached hydrogens (tertiary/aromatic N) is 2. The molecule has 27 heavy (non-hydrogen) atoms. The van der Waals surface area contributed by atoms with Crippen molar-refractivity contribution in [3.8, 4) is 11.5 Å². The number of aryl methyl sites for hydroxylation is 1. The van der Waals surface area contributed by atoms with Crippen LogP contribution in [0.15, 0.2) is 43.0 Å². The van der Waals surface area contributed by atoms with Crippen LogP contribution >= 0.6 is 0 Å². The lowest BCUT2D eigenvalue weighted by atomic mass is 10.1. The van der Waals surface area contributed by atoms with Gasteiger partial charge in [0.05, 0.1) is 19.5 Å². The van der Waals surface area contributed by atoms with E-state index in [1.165, 1.54) is 38.5 Å². The van der Waals surface area contributed by atoms with E-state index in [1.54, 1.807) is 0 Å². The van der Waals surface area contributed by atoms with Gasteiger partial charge in [0.1, 0.15) is 11.5 Å². The molecule has 0 atom stereocenters. The Morgan fingerprint density at radius 1 is 0.741 bits per heavy atom. The van der Waals surface area contributed by atoms with Crippen molar-refractivity contribution in [3.05, 3.63) is 43.0 Å². The van der Waals surface area contributed by atoms with Crippen LogP contribution in [0.3, 0.4) is 0 Å². The average molecular weight is 373 g/mol. The number of rotatable bonds is 16. The molecular formula is C23H36N2O2. The van der Waals surface area contributed by atoms with Crippen LogP contribution in [0.2, 0.25) is 0 Å². The van der Waals surface area contributed by atoms with Crippen molar-refractivity contribution in [2.24, 2.45) is 0 Å². The van der Waals surface area contributed by atoms with Crippen LogP contribution in [0, 0.1) is 0 Å². The van der Waals surface area contributed by atoms with Crippen molar-refractivity contribution in [1.29, 1.82) is 0 Å². The van der Waals surface area contributed by atoms with Gasteiger partial charge in [0.15, 0.2) is 0 Å². The Hall–Kier alpha value is -1.97.